The van der Waals surface area contributed by atoms with Gasteiger partial charge in [0.05, 0.1) is 11.3 Å². The fourth-order valence-corrected chi connectivity index (χ4v) is 4.47. The maximum atomic E-state index is 13.6. The molecule has 5 aromatic rings. The standard InChI is InChI=1S/C33H29N5O3/c39-30(33(41)35-21-18-24-11-4-1-5-12-24)29(23-25-13-6-2-7-14-25)36-32(40)27-17-10-20-34-31(27)38-22-19-28(37-38)26-15-8-3-9-16-26/h1-17,19-20,22,29H,18,21,23H2,(H,35,41)(H,36,40)/t29-/m0/s1. The molecule has 2 amide bonds. The van der Waals surface area contributed by atoms with Gasteiger partial charge < -0.3 is 10.6 Å². The molecule has 0 saturated carbocycles. The zero-order valence-corrected chi connectivity index (χ0v) is 22.3. The van der Waals surface area contributed by atoms with Gasteiger partial charge in [-0.25, -0.2) is 9.67 Å². The van der Waals surface area contributed by atoms with Crippen LogP contribution in [0.2, 0.25) is 0 Å². The molecule has 2 heterocycles. The summed E-state index contributed by atoms with van der Waals surface area (Å²) in [4.78, 5) is 44.1. The summed E-state index contributed by atoms with van der Waals surface area (Å²) in [6.45, 7) is 0.302. The van der Waals surface area contributed by atoms with Gasteiger partial charge in [-0.15, -0.1) is 0 Å². The number of hydrogen-bond donors (Lipinski definition) is 2. The Morgan fingerprint density at radius 1 is 0.756 bits per heavy atom. The van der Waals surface area contributed by atoms with E-state index < -0.39 is 23.6 Å². The van der Waals surface area contributed by atoms with Crippen molar-refractivity contribution >= 4 is 17.6 Å². The number of carbonyl (C=O) groups is 3. The number of hydrogen-bond acceptors (Lipinski definition) is 5. The number of benzene rings is 3. The zero-order valence-electron chi connectivity index (χ0n) is 22.3. The average Bonchev–Trinajstić information content (AvgIpc) is 3.52. The summed E-state index contributed by atoms with van der Waals surface area (Å²) in [6.07, 6.45) is 4.05. The first-order valence-electron chi connectivity index (χ1n) is 13.4. The molecule has 0 spiro atoms. The first kappa shape index (κ1) is 27.2. The summed E-state index contributed by atoms with van der Waals surface area (Å²) in [5.74, 6) is -1.68. The highest BCUT2D eigenvalue weighted by Crippen LogP contribution is 2.19. The van der Waals surface area contributed by atoms with E-state index in [1.54, 1.807) is 24.5 Å². The minimum Gasteiger partial charge on any atom is -0.349 e. The van der Waals surface area contributed by atoms with E-state index in [0.29, 0.717) is 18.8 Å². The van der Waals surface area contributed by atoms with Gasteiger partial charge in [0.25, 0.3) is 11.8 Å². The molecule has 1 atom stereocenters. The van der Waals surface area contributed by atoms with Crippen molar-refractivity contribution in [3.63, 3.8) is 0 Å². The molecule has 0 aliphatic carbocycles. The van der Waals surface area contributed by atoms with Crippen molar-refractivity contribution in [1.82, 2.24) is 25.4 Å². The minimum atomic E-state index is -1.08. The van der Waals surface area contributed by atoms with E-state index in [-0.39, 0.29) is 12.0 Å². The molecule has 5 rings (SSSR count). The largest absolute Gasteiger partial charge is 0.349 e. The second-order valence-electron chi connectivity index (χ2n) is 9.46. The topological polar surface area (TPSA) is 106 Å². The van der Waals surface area contributed by atoms with Crippen molar-refractivity contribution in [1.29, 1.82) is 0 Å². The molecule has 0 aliphatic heterocycles. The monoisotopic (exact) mass is 543 g/mol. The van der Waals surface area contributed by atoms with Gasteiger partial charge in [0.15, 0.2) is 5.82 Å². The van der Waals surface area contributed by atoms with Gasteiger partial charge in [-0.3, -0.25) is 14.4 Å². The van der Waals surface area contributed by atoms with E-state index in [0.717, 1.165) is 22.4 Å². The van der Waals surface area contributed by atoms with Crippen LogP contribution in [0.25, 0.3) is 17.1 Å². The Bertz CT molecular complexity index is 1620. The van der Waals surface area contributed by atoms with E-state index in [1.807, 2.05) is 97.1 Å². The van der Waals surface area contributed by atoms with Crippen LogP contribution in [0.1, 0.15) is 21.5 Å². The molecule has 2 N–H and O–H groups in total. The molecule has 3 aromatic carbocycles. The zero-order chi connectivity index (χ0) is 28.4. The molecule has 0 radical (unpaired) electrons. The van der Waals surface area contributed by atoms with Crippen LogP contribution in [0.15, 0.2) is 122 Å². The molecule has 0 bridgehead atoms. The normalized spacial score (nSPS) is 11.4. The lowest BCUT2D eigenvalue weighted by Gasteiger charge is -2.18. The molecule has 2 aromatic heterocycles. The molecule has 0 aliphatic rings. The summed E-state index contributed by atoms with van der Waals surface area (Å²) in [7, 11) is 0. The molecule has 0 unspecified atom stereocenters. The fourth-order valence-electron chi connectivity index (χ4n) is 4.47. The molecule has 8 nitrogen and oxygen atoms in total. The van der Waals surface area contributed by atoms with Crippen molar-refractivity contribution in [3.8, 4) is 17.1 Å². The highest BCUT2D eigenvalue weighted by atomic mass is 16.2. The van der Waals surface area contributed by atoms with Crippen molar-refractivity contribution in [2.45, 2.75) is 18.9 Å². The maximum absolute atomic E-state index is 13.6. The Morgan fingerprint density at radius 3 is 2.12 bits per heavy atom. The predicted octanol–water partition coefficient (Wildman–Crippen LogP) is 4.20. The van der Waals surface area contributed by atoms with Gasteiger partial charge in [0.2, 0.25) is 5.78 Å². The Kier molecular flexibility index (Phi) is 8.71. The summed E-state index contributed by atoms with van der Waals surface area (Å²) in [6, 6.07) is 32.6. The number of nitrogens with one attached hydrogen (secondary N) is 2. The Hall–Kier alpha value is -5.37. The van der Waals surface area contributed by atoms with Crippen LogP contribution in [-0.2, 0) is 22.4 Å². The lowest BCUT2D eigenvalue weighted by atomic mass is 10.0. The van der Waals surface area contributed by atoms with Gasteiger partial charge >= 0.3 is 0 Å². The number of aromatic nitrogens is 3. The van der Waals surface area contributed by atoms with Crippen molar-refractivity contribution < 1.29 is 14.4 Å². The number of rotatable bonds is 11. The third kappa shape index (κ3) is 6.99. The minimum absolute atomic E-state index is 0.160. The summed E-state index contributed by atoms with van der Waals surface area (Å²) in [5, 5.41) is 10.1. The van der Waals surface area contributed by atoms with Gasteiger partial charge in [0.1, 0.15) is 6.04 Å². The fraction of sp³-hybridized carbons (Fsp3) is 0.121. The average molecular weight is 544 g/mol. The second kappa shape index (κ2) is 13.1. The Morgan fingerprint density at radius 2 is 1.41 bits per heavy atom. The van der Waals surface area contributed by atoms with E-state index in [4.69, 9.17) is 0 Å². The summed E-state index contributed by atoms with van der Waals surface area (Å²) >= 11 is 0. The van der Waals surface area contributed by atoms with E-state index in [2.05, 4.69) is 20.7 Å². The van der Waals surface area contributed by atoms with Gasteiger partial charge in [-0.2, -0.15) is 5.10 Å². The molecule has 8 heteroatoms. The van der Waals surface area contributed by atoms with Crippen LogP contribution >= 0.6 is 0 Å². The van der Waals surface area contributed by atoms with Crippen LogP contribution in [0.4, 0.5) is 0 Å². The highest BCUT2D eigenvalue weighted by Gasteiger charge is 2.28. The van der Waals surface area contributed by atoms with E-state index >= 15 is 0 Å². The number of Topliss-reactive ketones (excluding diaryl/α,β-unsaturated/α-hetero) is 1. The van der Waals surface area contributed by atoms with Gasteiger partial charge in [0, 0.05) is 30.9 Å². The van der Waals surface area contributed by atoms with Crippen LogP contribution in [-0.4, -0.2) is 44.9 Å². The number of ketones is 1. The van der Waals surface area contributed by atoms with E-state index in [9.17, 15) is 14.4 Å². The SMILES string of the molecule is O=C(NCCc1ccccc1)C(=O)[C@H](Cc1ccccc1)NC(=O)c1cccnc1-n1ccc(-c2ccccc2)n1. The number of pyridine rings is 1. The van der Waals surface area contributed by atoms with E-state index in [1.165, 1.54) is 4.68 Å². The molecule has 0 saturated heterocycles. The highest BCUT2D eigenvalue weighted by molar-refractivity contribution is 6.38. The van der Waals surface area contributed by atoms with Crippen LogP contribution in [0.5, 0.6) is 0 Å². The summed E-state index contributed by atoms with van der Waals surface area (Å²) < 4.78 is 1.53. The predicted molar refractivity (Wildman–Crippen MR) is 156 cm³/mol. The number of nitrogens with zero attached hydrogens (tertiary/aromatic N) is 3. The third-order valence-corrected chi connectivity index (χ3v) is 6.58. The van der Waals surface area contributed by atoms with Gasteiger partial charge in [-0.1, -0.05) is 91.0 Å². The molecule has 0 fully saturated rings. The smallest absolute Gasteiger partial charge is 0.289 e. The third-order valence-electron chi connectivity index (χ3n) is 6.58. The van der Waals surface area contributed by atoms with Crippen LogP contribution < -0.4 is 10.6 Å². The first-order valence-corrected chi connectivity index (χ1v) is 13.4. The quantitative estimate of drug-likeness (QED) is 0.243. The molecular formula is C33H29N5O3. The van der Waals surface area contributed by atoms with Gasteiger partial charge in [-0.05, 0) is 35.7 Å². The molecule has 41 heavy (non-hydrogen) atoms. The number of amides is 2. The molecule has 204 valence electrons. The number of carbonyl (C=O) groups excluding carboxylic acids is 3. The Balaban J connectivity index is 1.34. The van der Waals surface area contributed by atoms with Crippen molar-refractivity contribution in [2.75, 3.05) is 6.54 Å². The lowest BCUT2D eigenvalue weighted by molar-refractivity contribution is -0.138. The first-order chi connectivity index (χ1) is 20.1. The van der Waals surface area contributed by atoms with Crippen LogP contribution in [0, 0.1) is 0 Å². The van der Waals surface area contributed by atoms with Crippen LogP contribution in [0.3, 0.4) is 0 Å². The lowest BCUT2D eigenvalue weighted by Crippen LogP contribution is -2.49. The maximum Gasteiger partial charge on any atom is 0.289 e. The summed E-state index contributed by atoms with van der Waals surface area (Å²) in [5.41, 5.74) is 3.75. The second-order valence-corrected chi connectivity index (χ2v) is 9.46. The van der Waals surface area contributed by atoms with Crippen molar-refractivity contribution in [2.24, 2.45) is 0 Å². The Labute approximate surface area is 238 Å². The van der Waals surface area contributed by atoms with Crippen molar-refractivity contribution in [3.05, 3.63) is 138 Å². The molecular weight excluding hydrogens is 514 g/mol.